The van der Waals surface area contributed by atoms with Crippen molar-refractivity contribution in [1.29, 1.82) is 0 Å². The van der Waals surface area contributed by atoms with Gasteiger partial charge in [0.25, 0.3) is 0 Å². The van der Waals surface area contributed by atoms with E-state index < -0.39 is 23.4 Å². The van der Waals surface area contributed by atoms with Gasteiger partial charge in [0.1, 0.15) is 6.04 Å². The highest BCUT2D eigenvalue weighted by Gasteiger charge is 2.57. The maximum Gasteiger partial charge on any atom is 0.329 e. The van der Waals surface area contributed by atoms with E-state index in [0.717, 1.165) is 18.4 Å². The van der Waals surface area contributed by atoms with Crippen molar-refractivity contribution in [3.63, 3.8) is 0 Å². The normalized spacial score (nSPS) is 29.5. The average molecular weight is 520 g/mol. The first kappa shape index (κ1) is 25.8. The molecule has 4 rings (SSSR count). The number of carboxylic acid groups (broad SMARTS) is 1. The number of esters is 1. The molecule has 6 nitrogen and oxygen atoms in total. The van der Waals surface area contributed by atoms with Crippen LogP contribution in [-0.4, -0.2) is 46.5 Å². The summed E-state index contributed by atoms with van der Waals surface area (Å²) in [5.41, 5.74) is -0.259. The van der Waals surface area contributed by atoms with E-state index in [-0.39, 0.29) is 42.7 Å². The van der Waals surface area contributed by atoms with Crippen LogP contribution in [0.1, 0.15) is 57.4 Å². The molecule has 1 saturated carbocycles. The summed E-state index contributed by atoms with van der Waals surface area (Å²) >= 11 is 12.6. The van der Waals surface area contributed by atoms with Crippen LogP contribution in [-0.2, 0) is 19.1 Å². The molecule has 1 aromatic carbocycles. The fourth-order valence-electron chi connectivity index (χ4n) is 5.72. The Kier molecular flexibility index (Phi) is 7.62. The topological polar surface area (TPSA) is 83.9 Å². The van der Waals surface area contributed by atoms with E-state index in [4.69, 9.17) is 27.9 Å². The van der Waals surface area contributed by atoms with E-state index in [2.05, 4.69) is 0 Å². The standard InChI is InChI=1S/C27H31Cl2NO5/c1-3-35-25(33)24(17-7-8-17)30-23(16-9-11-19(28)12-10-16)21(18-5-4-6-20(29)13-18)14-27(2,26(30)34)15-22(31)32/h4-6,9,11-13,16-17,21,23-24H,3,7-8,10,14-15H2,1-2H3,(H,31,32)/t16?,21-,23-,24+,27-/m1/s1. The number of likely N-dealkylation sites (tertiary alicyclic amines) is 1. The minimum absolute atomic E-state index is 0.000565. The zero-order valence-electron chi connectivity index (χ0n) is 20.0. The summed E-state index contributed by atoms with van der Waals surface area (Å²) in [6.07, 6.45) is 8.02. The number of aliphatic carboxylic acids is 1. The second kappa shape index (κ2) is 10.4. The van der Waals surface area contributed by atoms with Gasteiger partial charge in [0, 0.05) is 27.9 Å². The predicted molar refractivity (Wildman–Crippen MR) is 134 cm³/mol. The highest BCUT2D eigenvalue weighted by molar-refractivity contribution is 6.31. The molecule has 0 spiro atoms. The molecule has 35 heavy (non-hydrogen) atoms. The molecule has 3 aliphatic rings. The number of nitrogens with zero attached hydrogens (tertiary/aromatic N) is 1. The number of halogens is 2. The number of carbonyl (C=O) groups is 3. The minimum Gasteiger partial charge on any atom is -0.481 e. The molecule has 1 aliphatic heterocycles. The summed E-state index contributed by atoms with van der Waals surface area (Å²) in [7, 11) is 0. The van der Waals surface area contributed by atoms with Gasteiger partial charge in [-0.1, -0.05) is 54.4 Å². The number of carbonyl (C=O) groups excluding carboxylic acids is 2. The number of allylic oxidation sites excluding steroid dienone is 3. The molecule has 0 aromatic heterocycles. The molecule has 1 heterocycles. The van der Waals surface area contributed by atoms with Gasteiger partial charge in [0.2, 0.25) is 5.91 Å². The van der Waals surface area contributed by atoms with Crippen LogP contribution < -0.4 is 0 Å². The molecule has 2 aliphatic carbocycles. The van der Waals surface area contributed by atoms with Gasteiger partial charge in [-0.15, -0.1) is 0 Å². The molecule has 5 atom stereocenters. The molecule has 0 radical (unpaired) electrons. The first-order valence-electron chi connectivity index (χ1n) is 12.1. The fourth-order valence-corrected chi connectivity index (χ4v) is 6.08. The van der Waals surface area contributed by atoms with Crippen LogP contribution in [0.2, 0.25) is 5.02 Å². The molecule has 2 fully saturated rings. The Morgan fingerprint density at radius 1 is 1.29 bits per heavy atom. The van der Waals surface area contributed by atoms with Gasteiger partial charge < -0.3 is 14.7 Å². The summed E-state index contributed by atoms with van der Waals surface area (Å²) in [5.74, 6) is -2.11. The number of benzene rings is 1. The summed E-state index contributed by atoms with van der Waals surface area (Å²) < 4.78 is 5.45. The molecule has 0 bridgehead atoms. The molecule has 8 heteroatoms. The van der Waals surface area contributed by atoms with Crippen LogP contribution in [0.25, 0.3) is 0 Å². The Bertz CT molecular complexity index is 1070. The molecule has 1 unspecified atom stereocenters. The van der Waals surface area contributed by atoms with Gasteiger partial charge in [0.05, 0.1) is 18.4 Å². The maximum absolute atomic E-state index is 14.2. The van der Waals surface area contributed by atoms with Crippen molar-refractivity contribution in [2.24, 2.45) is 17.3 Å². The van der Waals surface area contributed by atoms with Crippen molar-refractivity contribution < 1.29 is 24.2 Å². The van der Waals surface area contributed by atoms with E-state index >= 15 is 0 Å². The van der Waals surface area contributed by atoms with E-state index in [1.807, 2.05) is 36.4 Å². The van der Waals surface area contributed by atoms with Crippen molar-refractivity contribution >= 4 is 41.0 Å². The van der Waals surface area contributed by atoms with E-state index in [0.29, 0.717) is 22.9 Å². The number of ether oxygens (including phenoxy) is 1. The average Bonchev–Trinajstić information content (AvgIpc) is 3.62. The monoisotopic (exact) mass is 519 g/mol. The quantitative estimate of drug-likeness (QED) is 0.455. The van der Waals surface area contributed by atoms with Crippen molar-refractivity contribution in [3.05, 3.63) is 58.1 Å². The second-order valence-electron chi connectivity index (χ2n) is 10.1. The first-order valence-corrected chi connectivity index (χ1v) is 12.9. The zero-order chi connectivity index (χ0) is 25.3. The van der Waals surface area contributed by atoms with E-state index in [1.54, 1.807) is 24.8 Å². The Balaban J connectivity index is 1.88. The number of hydrogen-bond donors (Lipinski definition) is 1. The second-order valence-corrected chi connectivity index (χ2v) is 11.0. The third-order valence-corrected chi connectivity index (χ3v) is 7.91. The van der Waals surface area contributed by atoms with Gasteiger partial charge in [-0.3, -0.25) is 9.59 Å². The molecular formula is C27H31Cl2NO5. The molecule has 1 aromatic rings. The molecular weight excluding hydrogens is 489 g/mol. The fraction of sp³-hybridized carbons (Fsp3) is 0.519. The van der Waals surface area contributed by atoms with Crippen LogP contribution in [0.4, 0.5) is 0 Å². The number of hydrogen-bond acceptors (Lipinski definition) is 4. The summed E-state index contributed by atoms with van der Waals surface area (Å²) in [6.45, 7) is 3.66. The Labute approximate surface area is 215 Å². The van der Waals surface area contributed by atoms with Gasteiger partial charge in [0.15, 0.2) is 0 Å². The Morgan fingerprint density at radius 2 is 2.03 bits per heavy atom. The lowest BCUT2D eigenvalue weighted by atomic mass is 9.65. The molecule has 1 saturated heterocycles. The number of rotatable bonds is 8. The summed E-state index contributed by atoms with van der Waals surface area (Å²) in [6, 6.07) is 6.36. The lowest BCUT2D eigenvalue weighted by Gasteiger charge is -2.53. The van der Waals surface area contributed by atoms with Crippen molar-refractivity contribution in [2.75, 3.05) is 6.61 Å². The Hall–Kier alpha value is -2.31. The molecule has 1 N–H and O–H groups in total. The smallest absolute Gasteiger partial charge is 0.329 e. The summed E-state index contributed by atoms with van der Waals surface area (Å²) in [5, 5.41) is 10.9. The van der Waals surface area contributed by atoms with Gasteiger partial charge in [-0.25, -0.2) is 4.79 Å². The first-order chi connectivity index (χ1) is 16.6. The van der Waals surface area contributed by atoms with Crippen molar-refractivity contribution in [2.45, 2.75) is 64.0 Å². The van der Waals surface area contributed by atoms with Crippen LogP contribution in [0.3, 0.4) is 0 Å². The Morgan fingerprint density at radius 3 is 2.60 bits per heavy atom. The number of amides is 1. The van der Waals surface area contributed by atoms with Crippen LogP contribution in [0, 0.1) is 17.3 Å². The van der Waals surface area contributed by atoms with E-state index in [1.165, 1.54) is 0 Å². The largest absolute Gasteiger partial charge is 0.481 e. The van der Waals surface area contributed by atoms with Crippen LogP contribution in [0.15, 0.2) is 47.5 Å². The summed E-state index contributed by atoms with van der Waals surface area (Å²) in [4.78, 5) is 41.0. The lowest BCUT2D eigenvalue weighted by Crippen LogP contribution is -2.64. The highest BCUT2D eigenvalue weighted by Crippen LogP contribution is 2.51. The number of carboxylic acids is 1. The zero-order valence-corrected chi connectivity index (χ0v) is 21.5. The van der Waals surface area contributed by atoms with Crippen molar-refractivity contribution in [1.82, 2.24) is 4.90 Å². The van der Waals surface area contributed by atoms with Gasteiger partial charge >= 0.3 is 11.9 Å². The third-order valence-electron chi connectivity index (χ3n) is 7.40. The third kappa shape index (κ3) is 5.44. The minimum atomic E-state index is -1.18. The van der Waals surface area contributed by atoms with E-state index in [9.17, 15) is 19.5 Å². The molecule has 188 valence electrons. The molecule has 1 amide bonds. The SMILES string of the molecule is CCOC(=O)[C@H](C1CC1)N1C(=O)[C@@](C)(CC(=O)O)C[C@H](c2cccc(Cl)c2)[C@H]1C1C=CC(Cl)=CC1. The van der Waals surface area contributed by atoms with Crippen molar-refractivity contribution in [3.8, 4) is 0 Å². The van der Waals surface area contributed by atoms with Gasteiger partial charge in [-0.05, 0) is 62.3 Å². The van der Waals surface area contributed by atoms with Crippen LogP contribution >= 0.6 is 23.2 Å². The predicted octanol–water partition coefficient (Wildman–Crippen LogP) is 5.55. The highest BCUT2D eigenvalue weighted by atomic mass is 35.5. The maximum atomic E-state index is 14.2. The van der Waals surface area contributed by atoms with Crippen LogP contribution in [0.5, 0.6) is 0 Å². The van der Waals surface area contributed by atoms with Gasteiger partial charge in [-0.2, -0.15) is 0 Å². The lowest BCUT2D eigenvalue weighted by molar-refractivity contribution is -0.171. The number of piperidine rings is 1.